The van der Waals surface area contributed by atoms with Crippen molar-refractivity contribution >= 4 is 5.82 Å². The second-order valence-electron chi connectivity index (χ2n) is 2.34. The molecule has 0 spiro atoms. The first-order chi connectivity index (χ1) is 5.86. The minimum absolute atomic E-state index is 0.459. The predicted molar refractivity (Wildman–Crippen MR) is 44.1 cm³/mol. The van der Waals surface area contributed by atoms with Gasteiger partial charge in [0.25, 0.3) is 0 Å². The molecule has 60 valence electrons. The van der Waals surface area contributed by atoms with E-state index in [4.69, 9.17) is 10.2 Å². The maximum Gasteiger partial charge on any atom is 0.127 e. The number of nitrogens with zero attached hydrogens (tertiary/aromatic N) is 2. The molecular formula is C8H7N3O. The Hall–Kier alpha value is -1.84. The fourth-order valence-electron chi connectivity index (χ4n) is 0.940. The molecule has 2 rings (SSSR count). The molecule has 0 aliphatic rings. The maximum absolute atomic E-state index is 5.48. The molecule has 12 heavy (non-hydrogen) atoms. The first kappa shape index (κ1) is 6.84. The van der Waals surface area contributed by atoms with Crippen molar-refractivity contribution in [1.82, 2.24) is 9.97 Å². The molecule has 0 aliphatic heterocycles. The molecule has 0 radical (unpaired) electrons. The van der Waals surface area contributed by atoms with Crippen LogP contribution < -0.4 is 5.73 Å². The number of hydrogen-bond donors (Lipinski definition) is 1. The van der Waals surface area contributed by atoms with Crippen LogP contribution in [0.3, 0.4) is 0 Å². The van der Waals surface area contributed by atoms with Gasteiger partial charge >= 0.3 is 0 Å². The Kier molecular flexibility index (Phi) is 1.51. The lowest BCUT2D eigenvalue weighted by Crippen LogP contribution is -1.91. The Bertz CT molecular complexity index is 370. The molecule has 0 bridgehead atoms. The van der Waals surface area contributed by atoms with Gasteiger partial charge < -0.3 is 10.2 Å². The van der Waals surface area contributed by atoms with Crippen LogP contribution in [0.25, 0.3) is 11.3 Å². The molecule has 0 fully saturated rings. The molecule has 4 nitrogen and oxygen atoms in total. The molecule has 0 atom stereocenters. The lowest BCUT2D eigenvalue weighted by atomic mass is 10.2. The summed E-state index contributed by atoms with van der Waals surface area (Å²) in [6, 6.07) is 3.52. The number of nitrogen functional groups attached to an aromatic ring is 1. The molecule has 0 saturated heterocycles. The van der Waals surface area contributed by atoms with Gasteiger partial charge in [0.15, 0.2) is 0 Å². The van der Waals surface area contributed by atoms with E-state index in [0.717, 1.165) is 11.3 Å². The molecule has 4 heteroatoms. The van der Waals surface area contributed by atoms with Gasteiger partial charge in [-0.15, -0.1) is 0 Å². The summed E-state index contributed by atoms with van der Waals surface area (Å²) in [6.45, 7) is 0. The molecular weight excluding hydrogens is 154 g/mol. The molecule has 2 N–H and O–H groups in total. The largest absolute Gasteiger partial charge is 0.472 e. The summed E-state index contributed by atoms with van der Waals surface area (Å²) >= 11 is 0. The van der Waals surface area contributed by atoms with E-state index in [2.05, 4.69) is 9.97 Å². The zero-order chi connectivity index (χ0) is 8.39. The van der Waals surface area contributed by atoms with Crippen LogP contribution in [-0.4, -0.2) is 9.97 Å². The summed E-state index contributed by atoms with van der Waals surface area (Å²) in [7, 11) is 0. The fourth-order valence-corrected chi connectivity index (χ4v) is 0.940. The zero-order valence-electron chi connectivity index (χ0n) is 6.27. The minimum atomic E-state index is 0.459. The highest BCUT2D eigenvalue weighted by atomic mass is 16.3. The topological polar surface area (TPSA) is 64.9 Å². The quantitative estimate of drug-likeness (QED) is 0.685. The van der Waals surface area contributed by atoms with Crippen LogP contribution >= 0.6 is 0 Å². The van der Waals surface area contributed by atoms with Crippen molar-refractivity contribution < 1.29 is 4.42 Å². The van der Waals surface area contributed by atoms with Gasteiger partial charge in [-0.25, -0.2) is 9.97 Å². The standard InChI is InChI=1S/C8H7N3O/c9-8-3-7(10-5-11-8)6-1-2-12-4-6/h1-5H,(H2,9,10,11). The van der Waals surface area contributed by atoms with Crippen molar-refractivity contribution in [3.63, 3.8) is 0 Å². The van der Waals surface area contributed by atoms with Crippen molar-refractivity contribution in [3.8, 4) is 11.3 Å². The van der Waals surface area contributed by atoms with Crippen molar-refractivity contribution in [2.75, 3.05) is 5.73 Å². The van der Waals surface area contributed by atoms with E-state index in [9.17, 15) is 0 Å². The third-order valence-electron chi connectivity index (χ3n) is 1.51. The predicted octanol–water partition coefficient (Wildman–Crippen LogP) is 1.32. The van der Waals surface area contributed by atoms with E-state index >= 15 is 0 Å². The van der Waals surface area contributed by atoms with Crippen LogP contribution in [0.2, 0.25) is 0 Å². The van der Waals surface area contributed by atoms with Crippen LogP contribution in [0.15, 0.2) is 35.4 Å². The normalized spacial score (nSPS) is 10.0. The first-order valence-electron chi connectivity index (χ1n) is 3.46. The number of rotatable bonds is 1. The summed E-state index contributed by atoms with van der Waals surface area (Å²) in [5.41, 5.74) is 7.16. The first-order valence-corrected chi connectivity index (χ1v) is 3.46. The van der Waals surface area contributed by atoms with Gasteiger partial charge in [-0.05, 0) is 6.07 Å². The van der Waals surface area contributed by atoms with E-state index < -0.39 is 0 Å². The number of aromatic nitrogens is 2. The van der Waals surface area contributed by atoms with E-state index in [-0.39, 0.29) is 0 Å². The van der Waals surface area contributed by atoms with Crippen LogP contribution in [0.1, 0.15) is 0 Å². The summed E-state index contributed by atoms with van der Waals surface area (Å²) in [5, 5.41) is 0. The van der Waals surface area contributed by atoms with Gasteiger partial charge in [-0.3, -0.25) is 0 Å². The summed E-state index contributed by atoms with van der Waals surface area (Å²) < 4.78 is 4.91. The van der Waals surface area contributed by atoms with E-state index in [0.29, 0.717) is 5.82 Å². The van der Waals surface area contributed by atoms with Crippen LogP contribution in [-0.2, 0) is 0 Å². The van der Waals surface area contributed by atoms with Crippen molar-refractivity contribution in [2.24, 2.45) is 0 Å². The summed E-state index contributed by atoms with van der Waals surface area (Å²) in [4.78, 5) is 7.82. The molecule has 2 aromatic heterocycles. The summed E-state index contributed by atoms with van der Waals surface area (Å²) in [5.74, 6) is 0.459. The van der Waals surface area contributed by atoms with Gasteiger partial charge in [0.05, 0.1) is 18.2 Å². The van der Waals surface area contributed by atoms with Crippen molar-refractivity contribution in [2.45, 2.75) is 0 Å². The monoisotopic (exact) mass is 161 g/mol. The molecule has 0 aliphatic carbocycles. The SMILES string of the molecule is Nc1cc(-c2ccoc2)ncn1. The molecule has 0 amide bonds. The third-order valence-corrected chi connectivity index (χ3v) is 1.51. The molecule has 2 heterocycles. The highest BCUT2D eigenvalue weighted by molar-refractivity contribution is 5.59. The highest BCUT2D eigenvalue weighted by Gasteiger charge is 1.99. The van der Waals surface area contributed by atoms with E-state index in [1.54, 1.807) is 18.6 Å². The second-order valence-corrected chi connectivity index (χ2v) is 2.34. The zero-order valence-corrected chi connectivity index (χ0v) is 6.27. The van der Waals surface area contributed by atoms with Crippen LogP contribution in [0.5, 0.6) is 0 Å². The van der Waals surface area contributed by atoms with E-state index in [1.807, 2.05) is 6.07 Å². The lowest BCUT2D eigenvalue weighted by Gasteiger charge is -1.95. The number of nitrogens with two attached hydrogens (primary N) is 1. The minimum Gasteiger partial charge on any atom is -0.472 e. The molecule has 0 aromatic carbocycles. The fraction of sp³-hybridized carbons (Fsp3) is 0. The molecule has 0 unspecified atom stereocenters. The van der Waals surface area contributed by atoms with Crippen molar-refractivity contribution in [1.29, 1.82) is 0 Å². The van der Waals surface area contributed by atoms with Crippen LogP contribution in [0.4, 0.5) is 5.82 Å². The van der Waals surface area contributed by atoms with E-state index in [1.165, 1.54) is 6.33 Å². The summed E-state index contributed by atoms with van der Waals surface area (Å²) in [6.07, 6.45) is 4.63. The second kappa shape index (κ2) is 2.65. The molecule has 0 saturated carbocycles. The number of hydrogen-bond acceptors (Lipinski definition) is 4. The average Bonchev–Trinajstić information content (AvgIpc) is 2.56. The number of furan rings is 1. The number of anilines is 1. The Morgan fingerprint density at radius 3 is 2.92 bits per heavy atom. The Balaban J connectivity index is 2.48. The Labute approximate surface area is 69.1 Å². The Morgan fingerprint density at radius 2 is 2.25 bits per heavy atom. The smallest absolute Gasteiger partial charge is 0.127 e. The lowest BCUT2D eigenvalue weighted by molar-refractivity contribution is 0.568. The Morgan fingerprint density at radius 1 is 1.33 bits per heavy atom. The van der Waals surface area contributed by atoms with Gasteiger partial charge in [0.1, 0.15) is 12.1 Å². The average molecular weight is 161 g/mol. The van der Waals surface area contributed by atoms with Gasteiger partial charge in [-0.1, -0.05) is 0 Å². The van der Waals surface area contributed by atoms with Crippen LogP contribution in [0, 0.1) is 0 Å². The van der Waals surface area contributed by atoms with Gasteiger partial charge in [-0.2, -0.15) is 0 Å². The van der Waals surface area contributed by atoms with Crippen molar-refractivity contribution in [3.05, 3.63) is 31.0 Å². The highest BCUT2D eigenvalue weighted by Crippen LogP contribution is 2.17. The van der Waals surface area contributed by atoms with Gasteiger partial charge in [0, 0.05) is 11.6 Å². The molecule has 2 aromatic rings. The third kappa shape index (κ3) is 1.14. The van der Waals surface area contributed by atoms with Gasteiger partial charge in [0.2, 0.25) is 0 Å². The maximum atomic E-state index is 5.48.